The number of nitrogens with zero attached hydrogens (tertiary/aromatic N) is 3. The number of rotatable bonds is 3. The Morgan fingerprint density at radius 1 is 1.14 bits per heavy atom. The van der Waals surface area contributed by atoms with Crippen molar-refractivity contribution >= 4 is 16.9 Å². The molecule has 21 heavy (non-hydrogen) atoms. The average molecular weight is 285 g/mol. The van der Waals surface area contributed by atoms with Gasteiger partial charge in [0.15, 0.2) is 0 Å². The topological polar surface area (TPSA) is 38.1 Å². The zero-order chi connectivity index (χ0) is 14.7. The normalized spacial score (nSPS) is 16.1. The molecule has 4 nitrogen and oxygen atoms in total. The highest BCUT2D eigenvalue weighted by molar-refractivity contribution is 5.81. The molecule has 1 aliphatic heterocycles. The largest absolute Gasteiger partial charge is 0.341 e. The summed E-state index contributed by atoms with van der Waals surface area (Å²) < 4.78 is 2.09. The van der Waals surface area contributed by atoms with Gasteiger partial charge in [0.25, 0.3) is 0 Å². The molecule has 0 radical (unpaired) electrons. The summed E-state index contributed by atoms with van der Waals surface area (Å²) in [7, 11) is 0. The second-order valence-electron chi connectivity index (χ2n) is 5.75. The number of likely N-dealkylation sites (tertiary alicyclic amines) is 1. The molecule has 0 aliphatic carbocycles. The van der Waals surface area contributed by atoms with E-state index in [9.17, 15) is 4.79 Å². The summed E-state index contributed by atoms with van der Waals surface area (Å²) in [5, 5.41) is 0. The van der Waals surface area contributed by atoms with Crippen molar-refractivity contribution in [3.63, 3.8) is 0 Å². The number of hydrogen-bond acceptors (Lipinski definition) is 2. The van der Waals surface area contributed by atoms with E-state index in [0.29, 0.717) is 6.54 Å². The number of imidazole rings is 1. The lowest BCUT2D eigenvalue weighted by Gasteiger charge is -2.21. The molecule has 0 atom stereocenters. The van der Waals surface area contributed by atoms with E-state index < -0.39 is 0 Å². The Hall–Kier alpha value is -1.84. The van der Waals surface area contributed by atoms with Crippen LogP contribution in [0.15, 0.2) is 24.3 Å². The fourth-order valence-corrected chi connectivity index (χ4v) is 3.13. The van der Waals surface area contributed by atoms with Crippen molar-refractivity contribution in [1.29, 1.82) is 0 Å². The van der Waals surface area contributed by atoms with E-state index in [4.69, 9.17) is 0 Å². The number of amides is 1. The Morgan fingerprint density at radius 2 is 1.86 bits per heavy atom. The predicted octanol–water partition coefficient (Wildman–Crippen LogP) is 3.00. The third-order valence-corrected chi connectivity index (χ3v) is 4.30. The van der Waals surface area contributed by atoms with Crippen molar-refractivity contribution < 1.29 is 4.79 Å². The highest BCUT2D eigenvalue weighted by Crippen LogP contribution is 2.17. The minimum atomic E-state index is 0.231. The van der Waals surface area contributed by atoms with Crippen molar-refractivity contribution in [1.82, 2.24) is 14.5 Å². The smallest absolute Gasteiger partial charge is 0.242 e. The monoisotopic (exact) mass is 285 g/mol. The van der Waals surface area contributed by atoms with Gasteiger partial charge in [-0.1, -0.05) is 31.9 Å². The van der Waals surface area contributed by atoms with Crippen LogP contribution in [0.1, 0.15) is 38.4 Å². The van der Waals surface area contributed by atoms with Gasteiger partial charge in [0, 0.05) is 19.5 Å². The van der Waals surface area contributed by atoms with Crippen LogP contribution in [0.2, 0.25) is 0 Å². The summed E-state index contributed by atoms with van der Waals surface area (Å²) >= 11 is 0. The first-order valence-corrected chi connectivity index (χ1v) is 8.01. The third-order valence-electron chi connectivity index (χ3n) is 4.30. The molecular formula is C17H23N3O. The molecular weight excluding hydrogens is 262 g/mol. The first kappa shape index (κ1) is 14.1. The SMILES string of the molecule is CCc1nc2ccccc2n1CC(=O)N1CCCCCC1. The molecule has 1 amide bonds. The lowest BCUT2D eigenvalue weighted by Crippen LogP contribution is -2.34. The molecule has 1 aromatic carbocycles. The molecule has 0 bridgehead atoms. The molecule has 2 heterocycles. The maximum absolute atomic E-state index is 12.6. The molecule has 3 rings (SSSR count). The van der Waals surface area contributed by atoms with Crippen LogP contribution in [0, 0.1) is 0 Å². The van der Waals surface area contributed by atoms with Gasteiger partial charge in [-0.15, -0.1) is 0 Å². The Bertz CT molecular complexity index is 624. The number of aryl methyl sites for hydroxylation is 1. The Kier molecular flexibility index (Phi) is 4.23. The summed E-state index contributed by atoms with van der Waals surface area (Å²) in [5.41, 5.74) is 2.05. The second kappa shape index (κ2) is 6.29. The third kappa shape index (κ3) is 2.94. The molecule has 0 N–H and O–H groups in total. The van der Waals surface area contributed by atoms with Gasteiger partial charge >= 0.3 is 0 Å². The van der Waals surface area contributed by atoms with Crippen molar-refractivity contribution in [2.75, 3.05) is 13.1 Å². The van der Waals surface area contributed by atoms with E-state index >= 15 is 0 Å². The standard InChI is InChI=1S/C17H23N3O/c1-2-16-18-14-9-5-6-10-15(14)20(16)13-17(21)19-11-7-3-4-8-12-19/h5-6,9-10H,2-4,7-8,11-13H2,1H3. The first-order chi connectivity index (χ1) is 10.3. The van der Waals surface area contributed by atoms with Gasteiger partial charge in [0.1, 0.15) is 12.4 Å². The summed E-state index contributed by atoms with van der Waals surface area (Å²) in [6.45, 7) is 4.33. The summed E-state index contributed by atoms with van der Waals surface area (Å²) in [5.74, 6) is 1.23. The molecule has 1 aromatic heterocycles. The zero-order valence-electron chi connectivity index (χ0n) is 12.7. The van der Waals surface area contributed by atoms with Crippen molar-refractivity contribution in [3.05, 3.63) is 30.1 Å². The van der Waals surface area contributed by atoms with E-state index in [1.807, 2.05) is 23.1 Å². The van der Waals surface area contributed by atoms with Gasteiger partial charge in [0.2, 0.25) is 5.91 Å². The number of benzene rings is 1. The minimum absolute atomic E-state index is 0.231. The quantitative estimate of drug-likeness (QED) is 0.869. The van der Waals surface area contributed by atoms with Gasteiger partial charge in [-0.3, -0.25) is 4.79 Å². The van der Waals surface area contributed by atoms with Crippen molar-refractivity contribution in [2.45, 2.75) is 45.6 Å². The van der Waals surface area contributed by atoms with E-state index in [1.165, 1.54) is 12.8 Å². The molecule has 4 heteroatoms. The maximum Gasteiger partial charge on any atom is 0.242 e. The predicted molar refractivity (Wildman–Crippen MR) is 84.2 cm³/mol. The van der Waals surface area contributed by atoms with Crippen LogP contribution in [0.25, 0.3) is 11.0 Å². The van der Waals surface area contributed by atoms with Gasteiger partial charge < -0.3 is 9.47 Å². The van der Waals surface area contributed by atoms with E-state index in [-0.39, 0.29) is 5.91 Å². The minimum Gasteiger partial charge on any atom is -0.341 e. The van der Waals surface area contributed by atoms with Gasteiger partial charge in [-0.2, -0.15) is 0 Å². The van der Waals surface area contributed by atoms with E-state index in [1.54, 1.807) is 0 Å². The van der Waals surface area contributed by atoms with Crippen LogP contribution in [-0.4, -0.2) is 33.4 Å². The van der Waals surface area contributed by atoms with E-state index in [2.05, 4.69) is 22.5 Å². The molecule has 2 aromatic rings. The second-order valence-corrected chi connectivity index (χ2v) is 5.75. The van der Waals surface area contributed by atoms with E-state index in [0.717, 1.165) is 49.2 Å². The Labute approximate surface area is 125 Å². The summed E-state index contributed by atoms with van der Waals surface area (Å²) in [6, 6.07) is 8.07. The van der Waals surface area contributed by atoms with Crippen LogP contribution >= 0.6 is 0 Å². The van der Waals surface area contributed by atoms with Crippen LogP contribution in [0.5, 0.6) is 0 Å². The Morgan fingerprint density at radius 3 is 2.57 bits per heavy atom. The van der Waals surface area contributed by atoms with Crippen LogP contribution < -0.4 is 0 Å². The number of para-hydroxylation sites is 2. The number of aromatic nitrogens is 2. The number of hydrogen-bond donors (Lipinski definition) is 0. The molecule has 1 saturated heterocycles. The first-order valence-electron chi connectivity index (χ1n) is 8.01. The molecule has 0 unspecified atom stereocenters. The van der Waals surface area contributed by atoms with Gasteiger partial charge in [-0.25, -0.2) is 4.98 Å². The highest BCUT2D eigenvalue weighted by atomic mass is 16.2. The zero-order valence-corrected chi connectivity index (χ0v) is 12.7. The fraction of sp³-hybridized carbons (Fsp3) is 0.529. The lowest BCUT2D eigenvalue weighted by atomic mass is 10.2. The summed E-state index contributed by atoms with van der Waals surface area (Å²) in [6.07, 6.45) is 5.62. The molecule has 112 valence electrons. The van der Waals surface area contributed by atoms with Gasteiger partial charge in [-0.05, 0) is 25.0 Å². The molecule has 0 spiro atoms. The van der Waals surface area contributed by atoms with Crippen LogP contribution in [-0.2, 0) is 17.8 Å². The molecule has 0 saturated carbocycles. The molecule has 1 fully saturated rings. The summed E-state index contributed by atoms with van der Waals surface area (Å²) in [4.78, 5) is 19.3. The number of fused-ring (bicyclic) bond motifs is 1. The lowest BCUT2D eigenvalue weighted by molar-refractivity contribution is -0.131. The van der Waals surface area contributed by atoms with Crippen molar-refractivity contribution in [2.24, 2.45) is 0 Å². The Balaban J connectivity index is 1.84. The van der Waals surface area contributed by atoms with Crippen LogP contribution in [0.3, 0.4) is 0 Å². The number of carbonyl (C=O) groups is 1. The van der Waals surface area contributed by atoms with Gasteiger partial charge in [0.05, 0.1) is 11.0 Å². The molecule has 1 aliphatic rings. The average Bonchev–Trinajstić information content (AvgIpc) is 2.68. The van der Waals surface area contributed by atoms with Crippen LogP contribution in [0.4, 0.5) is 0 Å². The fourth-order valence-electron chi connectivity index (χ4n) is 3.13. The van der Waals surface area contributed by atoms with Crippen molar-refractivity contribution in [3.8, 4) is 0 Å². The highest BCUT2D eigenvalue weighted by Gasteiger charge is 2.18. The number of carbonyl (C=O) groups excluding carboxylic acids is 1. The maximum atomic E-state index is 12.6.